The number of pyridine rings is 1. The Kier molecular flexibility index (Phi) is 4.83. The van der Waals surface area contributed by atoms with E-state index in [4.69, 9.17) is 0 Å². The van der Waals surface area contributed by atoms with Crippen molar-refractivity contribution in [3.63, 3.8) is 0 Å². The van der Waals surface area contributed by atoms with Crippen LogP contribution in [-0.4, -0.2) is 27.2 Å². The van der Waals surface area contributed by atoms with Crippen LogP contribution in [0, 0.1) is 23.0 Å². The molecule has 0 spiro atoms. The Morgan fingerprint density at radius 3 is 2.74 bits per heavy atom. The maximum atomic E-state index is 10.7. The molecule has 0 amide bonds. The highest BCUT2D eigenvalue weighted by Gasteiger charge is 2.26. The van der Waals surface area contributed by atoms with Crippen LogP contribution in [0.2, 0.25) is 0 Å². The molecule has 1 rings (SSSR count). The number of aryl methyl sites for hydroxylation is 1. The van der Waals surface area contributed by atoms with Crippen LogP contribution in [0.15, 0.2) is 12.3 Å². The lowest BCUT2D eigenvalue weighted by Crippen LogP contribution is -2.40. The van der Waals surface area contributed by atoms with Crippen LogP contribution in [0.4, 0.5) is 11.5 Å². The number of nitrogens with one attached hydrogen (secondary N) is 1. The second-order valence-electron chi connectivity index (χ2n) is 5.13. The minimum atomic E-state index is -0.841. The van der Waals surface area contributed by atoms with E-state index in [1.807, 2.05) is 13.8 Å². The Balaban J connectivity index is 2.74. The van der Waals surface area contributed by atoms with Gasteiger partial charge in [-0.25, -0.2) is 4.98 Å². The van der Waals surface area contributed by atoms with Crippen molar-refractivity contribution in [3.8, 4) is 0 Å². The summed E-state index contributed by atoms with van der Waals surface area (Å²) < 4.78 is 0. The van der Waals surface area contributed by atoms with Crippen molar-refractivity contribution < 1.29 is 10.0 Å². The fourth-order valence-electron chi connectivity index (χ4n) is 1.72. The SMILES string of the molecule is CCC(C)C(C)(O)CNc1cc(C)c([N+](=O)[O-])cn1. The third-order valence-electron chi connectivity index (χ3n) is 3.58. The van der Waals surface area contributed by atoms with Crippen LogP contribution in [0.25, 0.3) is 0 Å². The molecule has 0 aliphatic heterocycles. The maximum Gasteiger partial charge on any atom is 0.290 e. The molecule has 1 heterocycles. The number of anilines is 1. The maximum absolute atomic E-state index is 10.7. The van der Waals surface area contributed by atoms with E-state index in [0.29, 0.717) is 17.9 Å². The molecule has 2 atom stereocenters. The molecular weight excluding hydrogens is 246 g/mol. The molecule has 1 aromatic rings. The fourth-order valence-corrected chi connectivity index (χ4v) is 1.72. The van der Waals surface area contributed by atoms with Crippen molar-refractivity contribution >= 4 is 11.5 Å². The van der Waals surface area contributed by atoms with E-state index in [1.165, 1.54) is 6.20 Å². The molecule has 0 aromatic carbocycles. The van der Waals surface area contributed by atoms with Crippen molar-refractivity contribution in [2.24, 2.45) is 5.92 Å². The summed E-state index contributed by atoms with van der Waals surface area (Å²) in [5.74, 6) is 0.686. The van der Waals surface area contributed by atoms with Gasteiger partial charge < -0.3 is 10.4 Å². The molecular formula is C13H21N3O3. The Morgan fingerprint density at radius 2 is 2.26 bits per heavy atom. The fraction of sp³-hybridized carbons (Fsp3) is 0.615. The molecule has 0 aliphatic carbocycles. The first-order valence-electron chi connectivity index (χ1n) is 6.35. The largest absolute Gasteiger partial charge is 0.388 e. The summed E-state index contributed by atoms with van der Waals surface area (Å²) in [7, 11) is 0. The van der Waals surface area contributed by atoms with Gasteiger partial charge in [-0.1, -0.05) is 20.3 Å². The molecule has 0 saturated carbocycles. The molecule has 1 aromatic heterocycles. The predicted molar refractivity (Wildman–Crippen MR) is 74.2 cm³/mol. The highest BCUT2D eigenvalue weighted by atomic mass is 16.6. The van der Waals surface area contributed by atoms with Crippen molar-refractivity contribution in [3.05, 3.63) is 27.9 Å². The Labute approximate surface area is 113 Å². The number of aliphatic hydroxyl groups is 1. The number of aromatic nitrogens is 1. The summed E-state index contributed by atoms with van der Waals surface area (Å²) in [5, 5.41) is 24.0. The van der Waals surface area contributed by atoms with Gasteiger partial charge in [-0.15, -0.1) is 0 Å². The van der Waals surface area contributed by atoms with Gasteiger partial charge in [0.1, 0.15) is 12.0 Å². The molecule has 2 N–H and O–H groups in total. The summed E-state index contributed by atoms with van der Waals surface area (Å²) in [4.78, 5) is 14.2. The average Bonchev–Trinajstić information content (AvgIpc) is 2.35. The number of nitrogens with zero attached hydrogens (tertiary/aromatic N) is 2. The molecule has 0 bridgehead atoms. The third kappa shape index (κ3) is 3.89. The highest BCUT2D eigenvalue weighted by Crippen LogP contribution is 2.22. The van der Waals surface area contributed by atoms with Gasteiger partial charge in [0.25, 0.3) is 5.69 Å². The van der Waals surface area contributed by atoms with Crippen molar-refractivity contribution in [1.82, 2.24) is 4.98 Å². The Morgan fingerprint density at radius 1 is 1.63 bits per heavy atom. The van der Waals surface area contributed by atoms with Crippen LogP contribution >= 0.6 is 0 Å². The zero-order chi connectivity index (χ0) is 14.6. The second kappa shape index (κ2) is 5.97. The monoisotopic (exact) mass is 267 g/mol. The molecule has 0 fully saturated rings. The first-order valence-corrected chi connectivity index (χ1v) is 6.35. The van der Waals surface area contributed by atoms with Crippen molar-refractivity contribution in [2.45, 2.75) is 39.7 Å². The van der Waals surface area contributed by atoms with Crippen LogP contribution in [0.5, 0.6) is 0 Å². The quantitative estimate of drug-likeness (QED) is 0.610. The smallest absolute Gasteiger partial charge is 0.290 e. The summed E-state index contributed by atoms with van der Waals surface area (Å²) in [6, 6.07) is 1.62. The zero-order valence-electron chi connectivity index (χ0n) is 11.8. The first kappa shape index (κ1) is 15.4. The lowest BCUT2D eigenvalue weighted by Gasteiger charge is -2.30. The molecule has 2 unspecified atom stereocenters. The van der Waals surface area contributed by atoms with Crippen LogP contribution in [-0.2, 0) is 0 Å². The Bertz CT molecular complexity index is 460. The summed E-state index contributed by atoms with van der Waals surface area (Å²) in [5.41, 5.74) is -0.295. The molecule has 0 saturated heterocycles. The van der Waals surface area contributed by atoms with Gasteiger partial charge in [-0.05, 0) is 25.8 Å². The van der Waals surface area contributed by atoms with Crippen LogP contribution in [0.3, 0.4) is 0 Å². The Hall–Kier alpha value is -1.69. The topological polar surface area (TPSA) is 88.3 Å². The third-order valence-corrected chi connectivity index (χ3v) is 3.58. The van der Waals surface area contributed by atoms with Crippen molar-refractivity contribution in [2.75, 3.05) is 11.9 Å². The van der Waals surface area contributed by atoms with E-state index in [-0.39, 0.29) is 11.6 Å². The minimum Gasteiger partial charge on any atom is -0.388 e. The molecule has 106 valence electrons. The predicted octanol–water partition coefficient (Wildman–Crippen LogP) is 2.51. The van der Waals surface area contributed by atoms with Crippen LogP contribution < -0.4 is 5.32 Å². The zero-order valence-corrected chi connectivity index (χ0v) is 11.8. The lowest BCUT2D eigenvalue weighted by atomic mass is 9.89. The van der Waals surface area contributed by atoms with E-state index in [9.17, 15) is 15.2 Å². The van der Waals surface area contributed by atoms with Gasteiger partial charge in [-0.2, -0.15) is 0 Å². The first-order chi connectivity index (χ1) is 8.77. The second-order valence-corrected chi connectivity index (χ2v) is 5.13. The number of hydrogen-bond donors (Lipinski definition) is 2. The van der Waals surface area contributed by atoms with E-state index in [2.05, 4.69) is 10.3 Å². The number of hydrogen-bond acceptors (Lipinski definition) is 5. The van der Waals surface area contributed by atoms with E-state index < -0.39 is 10.5 Å². The molecule has 0 aliphatic rings. The van der Waals surface area contributed by atoms with E-state index in [0.717, 1.165) is 6.42 Å². The minimum absolute atomic E-state index is 0.000707. The molecule has 19 heavy (non-hydrogen) atoms. The van der Waals surface area contributed by atoms with E-state index in [1.54, 1.807) is 19.9 Å². The summed E-state index contributed by atoms with van der Waals surface area (Å²) >= 11 is 0. The van der Waals surface area contributed by atoms with Crippen molar-refractivity contribution in [1.29, 1.82) is 0 Å². The van der Waals surface area contributed by atoms with Gasteiger partial charge in [0.05, 0.1) is 10.5 Å². The normalized spacial score (nSPS) is 15.6. The highest BCUT2D eigenvalue weighted by molar-refractivity contribution is 5.46. The van der Waals surface area contributed by atoms with Gasteiger partial charge in [0, 0.05) is 12.1 Å². The lowest BCUT2D eigenvalue weighted by molar-refractivity contribution is -0.385. The number of rotatable bonds is 6. The van der Waals surface area contributed by atoms with Gasteiger partial charge in [-0.3, -0.25) is 10.1 Å². The van der Waals surface area contributed by atoms with Gasteiger partial charge >= 0.3 is 0 Å². The summed E-state index contributed by atoms with van der Waals surface area (Å²) in [6.07, 6.45) is 2.11. The van der Waals surface area contributed by atoms with Crippen LogP contribution in [0.1, 0.15) is 32.8 Å². The summed E-state index contributed by atoms with van der Waals surface area (Å²) in [6.45, 7) is 7.79. The van der Waals surface area contributed by atoms with E-state index >= 15 is 0 Å². The standard InChI is InChI=1S/C13H21N3O3/c1-5-10(3)13(4,17)8-15-12-6-9(2)11(7-14-12)16(18)19/h6-7,10,17H,5,8H2,1-4H3,(H,14,15). The molecule has 0 radical (unpaired) electrons. The molecule has 6 nitrogen and oxygen atoms in total. The number of nitro groups is 1. The van der Waals surface area contributed by atoms with Gasteiger partial charge in [0.15, 0.2) is 0 Å². The molecule has 6 heteroatoms. The van der Waals surface area contributed by atoms with Gasteiger partial charge in [0.2, 0.25) is 0 Å². The average molecular weight is 267 g/mol.